The molecule has 1 fully saturated rings. The summed E-state index contributed by atoms with van der Waals surface area (Å²) in [6.07, 6.45) is 2.64. The van der Waals surface area contributed by atoms with E-state index in [-0.39, 0.29) is 18.1 Å². The predicted octanol–water partition coefficient (Wildman–Crippen LogP) is 2.18. The summed E-state index contributed by atoms with van der Waals surface area (Å²) in [5.74, 6) is 0.0400. The van der Waals surface area contributed by atoms with Crippen molar-refractivity contribution in [2.75, 3.05) is 13.1 Å². The number of carbonyl (C=O) groups is 1. The zero-order valence-electron chi connectivity index (χ0n) is 13.8. The highest BCUT2D eigenvalue weighted by atomic mass is 32.1. The second-order valence-corrected chi connectivity index (χ2v) is 7.78. The maximum atomic E-state index is 13.0. The van der Waals surface area contributed by atoms with Crippen LogP contribution < -0.4 is 0 Å². The van der Waals surface area contributed by atoms with Crippen molar-refractivity contribution in [3.8, 4) is 0 Å². The van der Waals surface area contributed by atoms with Crippen LogP contribution in [0.3, 0.4) is 0 Å². The Morgan fingerprint density at radius 1 is 1.40 bits per heavy atom. The average Bonchev–Trinajstić information content (AvgIpc) is 3.25. The molecule has 128 valence electrons. The van der Waals surface area contributed by atoms with E-state index in [2.05, 4.69) is 15.3 Å². The van der Waals surface area contributed by atoms with E-state index >= 15 is 0 Å². The van der Waals surface area contributed by atoms with Crippen molar-refractivity contribution in [3.05, 3.63) is 40.7 Å². The molecule has 3 aromatic rings. The van der Waals surface area contributed by atoms with Crippen molar-refractivity contribution < 1.29 is 9.53 Å². The molecule has 0 N–H and O–H groups in total. The van der Waals surface area contributed by atoms with Gasteiger partial charge in [0.25, 0.3) is 5.91 Å². The van der Waals surface area contributed by atoms with Crippen LogP contribution in [0.2, 0.25) is 0 Å². The number of aromatic nitrogens is 4. The maximum Gasteiger partial charge on any atom is 0.254 e. The minimum Gasteiger partial charge on any atom is -0.370 e. The first-order valence-electron chi connectivity index (χ1n) is 8.36. The summed E-state index contributed by atoms with van der Waals surface area (Å²) in [6, 6.07) is 5.81. The summed E-state index contributed by atoms with van der Waals surface area (Å²) >= 11 is 1.65. The number of piperidine rings is 1. The number of carbonyl (C=O) groups excluding carboxylic acids is 1. The van der Waals surface area contributed by atoms with Crippen LogP contribution in [0.4, 0.5) is 0 Å². The van der Waals surface area contributed by atoms with Gasteiger partial charge in [-0.25, -0.2) is 9.67 Å². The van der Waals surface area contributed by atoms with Crippen LogP contribution in [0.5, 0.6) is 0 Å². The van der Waals surface area contributed by atoms with E-state index in [1.165, 1.54) is 0 Å². The van der Waals surface area contributed by atoms with Gasteiger partial charge in [0.05, 0.1) is 45.9 Å². The number of rotatable bonds is 1. The Labute approximate surface area is 148 Å². The van der Waals surface area contributed by atoms with Gasteiger partial charge in [0.1, 0.15) is 0 Å². The molecule has 2 atom stereocenters. The third-order valence-corrected chi connectivity index (χ3v) is 5.91. The average molecular weight is 355 g/mol. The summed E-state index contributed by atoms with van der Waals surface area (Å²) in [5.41, 5.74) is 2.55. The van der Waals surface area contributed by atoms with Crippen LogP contribution in [-0.2, 0) is 11.3 Å². The minimum absolute atomic E-state index is 0.0363. The van der Waals surface area contributed by atoms with Gasteiger partial charge < -0.3 is 9.64 Å². The number of hydrogen-bond acceptors (Lipinski definition) is 6. The van der Waals surface area contributed by atoms with Gasteiger partial charge in [-0.1, -0.05) is 5.21 Å². The fourth-order valence-electron chi connectivity index (χ4n) is 3.72. The lowest BCUT2D eigenvalue weighted by Crippen LogP contribution is -2.49. The van der Waals surface area contributed by atoms with Gasteiger partial charge in [-0.2, -0.15) is 0 Å². The molecule has 0 spiro atoms. The Balaban J connectivity index is 1.42. The SMILES string of the molecule is Cc1nc2cc(C(=O)N3CC[C@H]4OCc5cnnn5[C@@H]4C3)ccc2s1. The van der Waals surface area contributed by atoms with Crippen LogP contribution in [0.1, 0.15) is 33.5 Å². The minimum atomic E-state index is 0.0363. The van der Waals surface area contributed by atoms with Gasteiger partial charge in [-0.3, -0.25) is 4.79 Å². The van der Waals surface area contributed by atoms with E-state index in [1.807, 2.05) is 34.7 Å². The van der Waals surface area contributed by atoms with E-state index in [0.717, 1.165) is 27.3 Å². The molecule has 1 saturated heterocycles. The highest BCUT2D eigenvalue weighted by Gasteiger charge is 2.38. The predicted molar refractivity (Wildman–Crippen MR) is 92.5 cm³/mol. The topological polar surface area (TPSA) is 73.1 Å². The molecule has 0 radical (unpaired) electrons. The van der Waals surface area contributed by atoms with E-state index in [0.29, 0.717) is 25.3 Å². The van der Waals surface area contributed by atoms with Gasteiger partial charge in [0.15, 0.2) is 0 Å². The molecule has 0 aliphatic carbocycles. The molecular formula is C17H17N5O2S. The third kappa shape index (κ3) is 2.44. The molecule has 0 bridgehead atoms. The van der Waals surface area contributed by atoms with Crippen molar-refractivity contribution >= 4 is 27.5 Å². The number of amides is 1. The highest BCUT2D eigenvalue weighted by molar-refractivity contribution is 7.18. The lowest BCUT2D eigenvalue weighted by Gasteiger charge is -2.41. The molecular weight excluding hydrogens is 338 g/mol. The summed E-state index contributed by atoms with van der Waals surface area (Å²) in [7, 11) is 0. The summed E-state index contributed by atoms with van der Waals surface area (Å²) in [5, 5.41) is 9.19. The van der Waals surface area contributed by atoms with Crippen molar-refractivity contribution in [1.82, 2.24) is 24.9 Å². The highest BCUT2D eigenvalue weighted by Crippen LogP contribution is 2.31. The van der Waals surface area contributed by atoms with Gasteiger partial charge in [0.2, 0.25) is 0 Å². The molecule has 1 amide bonds. The molecule has 0 unspecified atom stereocenters. The van der Waals surface area contributed by atoms with Gasteiger partial charge in [0, 0.05) is 18.7 Å². The first-order valence-corrected chi connectivity index (χ1v) is 9.18. The molecule has 0 saturated carbocycles. The van der Waals surface area contributed by atoms with Crippen LogP contribution in [0, 0.1) is 6.92 Å². The van der Waals surface area contributed by atoms with Crippen LogP contribution in [0.15, 0.2) is 24.4 Å². The lowest BCUT2D eigenvalue weighted by molar-refractivity contribution is -0.0605. The number of thiazole rings is 1. The molecule has 4 heterocycles. The number of aryl methyl sites for hydroxylation is 1. The Bertz CT molecular complexity index is 965. The summed E-state index contributed by atoms with van der Waals surface area (Å²) < 4.78 is 8.94. The van der Waals surface area contributed by atoms with Crippen LogP contribution >= 0.6 is 11.3 Å². The quantitative estimate of drug-likeness (QED) is 0.669. The van der Waals surface area contributed by atoms with E-state index < -0.39 is 0 Å². The fourth-order valence-corrected chi connectivity index (χ4v) is 4.53. The normalized spacial score (nSPS) is 22.7. The maximum absolute atomic E-state index is 13.0. The van der Waals surface area contributed by atoms with E-state index in [1.54, 1.807) is 17.5 Å². The van der Waals surface area contributed by atoms with E-state index in [4.69, 9.17) is 4.74 Å². The number of likely N-dealkylation sites (tertiary alicyclic amines) is 1. The molecule has 8 heteroatoms. The molecule has 7 nitrogen and oxygen atoms in total. The number of nitrogens with zero attached hydrogens (tertiary/aromatic N) is 5. The monoisotopic (exact) mass is 355 g/mol. The van der Waals surface area contributed by atoms with Gasteiger partial charge >= 0.3 is 0 Å². The van der Waals surface area contributed by atoms with Crippen molar-refractivity contribution in [2.24, 2.45) is 0 Å². The Hall–Kier alpha value is -2.32. The van der Waals surface area contributed by atoms with E-state index in [9.17, 15) is 4.79 Å². The number of ether oxygens (including phenoxy) is 1. The van der Waals surface area contributed by atoms with Crippen molar-refractivity contribution in [2.45, 2.75) is 32.1 Å². The number of fused-ring (bicyclic) bond motifs is 4. The smallest absolute Gasteiger partial charge is 0.254 e. The molecule has 1 aromatic carbocycles. The first kappa shape index (κ1) is 15.0. The zero-order chi connectivity index (χ0) is 17.0. The summed E-state index contributed by atoms with van der Waals surface area (Å²) in [6.45, 7) is 3.81. The van der Waals surface area contributed by atoms with Gasteiger partial charge in [-0.05, 0) is 31.5 Å². The number of benzene rings is 1. The third-order valence-electron chi connectivity index (χ3n) is 4.96. The van der Waals surface area contributed by atoms with Crippen molar-refractivity contribution in [3.63, 3.8) is 0 Å². The van der Waals surface area contributed by atoms with Gasteiger partial charge in [-0.15, -0.1) is 16.4 Å². The second kappa shape index (κ2) is 5.60. The summed E-state index contributed by atoms with van der Waals surface area (Å²) in [4.78, 5) is 19.4. The first-order chi connectivity index (χ1) is 12.2. The standard InChI is InChI=1S/C17H17N5O2S/c1-10-19-13-6-11(2-3-16(13)25-10)17(23)21-5-4-15-14(8-21)22-12(9-24-15)7-18-20-22/h2-3,6-7,14-15H,4-5,8-9H2,1H3/t14-,15-/m1/s1. The lowest BCUT2D eigenvalue weighted by atomic mass is 9.99. The molecule has 2 aliphatic heterocycles. The molecule has 5 rings (SSSR count). The largest absolute Gasteiger partial charge is 0.370 e. The molecule has 25 heavy (non-hydrogen) atoms. The van der Waals surface area contributed by atoms with Crippen LogP contribution in [-0.4, -0.2) is 50.0 Å². The Kier molecular flexibility index (Phi) is 3.36. The van der Waals surface area contributed by atoms with Crippen LogP contribution in [0.25, 0.3) is 10.2 Å². The molecule has 2 aliphatic rings. The zero-order valence-corrected chi connectivity index (χ0v) is 14.6. The second-order valence-electron chi connectivity index (χ2n) is 6.54. The van der Waals surface area contributed by atoms with Crippen molar-refractivity contribution in [1.29, 1.82) is 0 Å². The fraction of sp³-hybridized carbons (Fsp3) is 0.412. The Morgan fingerprint density at radius 3 is 3.24 bits per heavy atom. The molecule has 2 aromatic heterocycles. The Morgan fingerprint density at radius 2 is 2.32 bits per heavy atom. The number of hydrogen-bond donors (Lipinski definition) is 0.